The lowest BCUT2D eigenvalue weighted by molar-refractivity contribution is 0.102. The van der Waals surface area contributed by atoms with Gasteiger partial charge in [-0.15, -0.1) is 0 Å². The highest BCUT2D eigenvalue weighted by atomic mass is 35.5. The van der Waals surface area contributed by atoms with Crippen LogP contribution in [0.25, 0.3) is 10.2 Å². The quantitative estimate of drug-likeness (QED) is 0.785. The van der Waals surface area contributed by atoms with Gasteiger partial charge in [-0.2, -0.15) is 0 Å². The summed E-state index contributed by atoms with van der Waals surface area (Å²) in [6.45, 7) is 1.68. The Hall–Kier alpha value is -1.92. The fourth-order valence-corrected chi connectivity index (χ4v) is 2.81. The number of anilines is 1. The standard InChI is InChI=1S/C12H8ClN3O2S/c1-6-7(5-14-18-6)11(17)16-12-15-10-8(13)3-2-4-9(10)19-12/h2-5H,1H3,(H,15,16,17). The Morgan fingerprint density at radius 1 is 1.47 bits per heavy atom. The number of amides is 1. The number of nitrogens with zero attached hydrogens (tertiary/aromatic N) is 2. The molecule has 1 N–H and O–H groups in total. The number of halogens is 1. The normalized spacial score (nSPS) is 10.8. The zero-order chi connectivity index (χ0) is 13.4. The number of hydrogen-bond acceptors (Lipinski definition) is 5. The molecule has 0 aliphatic carbocycles. The number of nitrogens with one attached hydrogen (secondary N) is 1. The van der Waals surface area contributed by atoms with Gasteiger partial charge in [0.2, 0.25) is 0 Å². The minimum absolute atomic E-state index is 0.297. The maximum atomic E-state index is 12.0. The molecule has 0 bridgehead atoms. The first-order valence-corrected chi connectivity index (χ1v) is 6.62. The summed E-state index contributed by atoms with van der Waals surface area (Å²) in [5.74, 6) is 0.172. The molecular weight excluding hydrogens is 286 g/mol. The molecular formula is C12H8ClN3O2S. The third-order valence-corrected chi connectivity index (χ3v) is 3.83. The van der Waals surface area contributed by atoms with Gasteiger partial charge >= 0.3 is 0 Å². The number of fused-ring (bicyclic) bond motifs is 1. The Balaban J connectivity index is 1.92. The minimum atomic E-state index is -0.297. The van der Waals surface area contributed by atoms with Crippen molar-refractivity contribution in [2.24, 2.45) is 0 Å². The Morgan fingerprint density at radius 2 is 2.32 bits per heavy atom. The van der Waals surface area contributed by atoms with Crippen molar-refractivity contribution in [3.63, 3.8) is 0 Å². The van der Waals surface area contributed by atoms with Crippen LogP contribution in [0, 0.1) is 6.92 Å². The molecule has 0 unspecified atom stereocenters. The average molecular weight is 294 g/mol. The number of aryl methyl sites for hydroxylation is 1. The topological polar surface area (TPSA) is 68.0 Å². The van der Waals surface area contributed by atoms with Crippen molar-refractivity contribution >= 4 is 44.2 Å². The van der Waals surface area contributed by atoms with Gasteiger partial charge in [-0.05, 0) is 19.1 Å². The van der Waals surface area contributed by atoms with Crippen LogP contribution in [0.4, 0.5) is 5.13 Å². The molecule has 3 rings (SSSR count). The molecule has 0 saturated carbocycles. The summed E-state index contributed by atoms with van der Waals surface area (Å²) in [5.41, 5.74) is 1.08. The molecule has 2 heterocycles. The van der Waals surface area contributed by atoms with Crippen LogP contribution in [0.1, 0.15) is 16.1 Å². The summed E-state index contributed by atoms with van der Waals surface area (Å²) in [6, 6.07) is 5.51. The Labute approximate surface area is 117 Å². The molecule has 96 valence electrons. The van der Waals surface area contributed by atoms with Gasteiger partial charge in [-0.3, -0.25) is 10.1 Å². The van der Waals surface area contributed by atoms with E-state index in [2.05, 4.69) is 15.5 Å². The van der Waals surface area contributed by atoms with Crippen LogP contribution in [-0.2, 0) is 0 Å². The zero-order valence-corrected chi connectivity index (χ0v) is 11.4. The largest absolute Gasteiger partial charge is 0.361 e. The van der Waals surface area contributed by atoms with Gasteiger partial charge in [0, 0.05) is 0 Å². The van der Waals surface area contributed by atoms with Gasteiger partial charge in [0.25, 0.3) is 5.91 Å². The molecule has 2 aromatic heterocycles. The van der Waals surface area contributed by atoms with Crippen LogP contribution < -0.4 is 5.32 Å². The summed E-state index contributed by atoms with van der Waals surface area (Å²) in [5, 5.41) is 7.34. The van der Waals surface area contributed by atoms with E-state index in [1.807, 2.05) is 12.1 Å². The predicted molar refractivity (Wildman–Crippen MR) is 73.8 cm³/mol. The van der Waals surface area contributed by atoms with Crippen molar-refractivity contribution in [1.29, 1.82) is 0 Å². The second-order valence-electron chi connectivity index (χ2n) is 3.86. The van der Waals surface area contributed by atoms with Gasteiger partial charge in [0.15, 0.2) is 5.13 Å². The van der Waals surface area contributed by atoms with E-state index >= 15 is 0 Å². The van der Waals surface area contributed by atoms with Crippen LogP contribution in [0.3, 0.4) is 0 Å². The summed E-state index contributed by atoms with van der Waals surface area (Å²) in [6.07, 6.45) is 1.38. The lowest BCUT2D eigenvalue weighted by atomic mass is 10.2. The third-order valence-electron chi connectivity index (χ3n) is 2.59. The smallest absolute Gasteiger partial charge is 0.262 e. The van der Waals surface area contributed by atoms with Gasteiger partial charge in [-0.1, -0.05) is 34.2 Å². The third kappa shape index (κ3) is 2.20. The molecule has 7 heteroatoms. The first-order valence-electron chi connectivity index (χ1n) is 5.43. The van der Waals surface area contributed by atoms with Crippen LogP contribution in [0.5, 0.6) is 0 Å². The Kier molecular flexibility index (Phi) is 2.96. The first-order chi connectivity index (χ1) is 9.15. The number of para-hydroxylation sites is 1. The number of hydrogen-bond donors (Lipinski definition) is 1. The van der Waals surface area contributed by atoms with Crippen molar-refractivity contribution in [1.82, 2.24) is 10.1 Å². The Morgan fingerprint density at radius 3 is 3.00 bits per heavy atom. The van der Waals surface area contributed by atoms with Crippen molar-refractivity contribution in [3.8, 4) is 0 Å². The SMILES string of the molecule is Cc1oncc1C(=O)Nc1nc2c(Cl)cccc2s1. The van der Waals surface area contributed by atoms with Crippen molar-refractivity contribution in [2.45, 2.75) is 6.92 Å². The van der Waals surface area contributed by atoms with Crippen molar-refractivity contribution in [2.75, 3.05) is 5.32 Å². The maximum absolute atomic E-state index is 12.0. The number of aromatic nitrogens is 2. The van der Waals surface area contributed by atoms with Crippen LogP contribution in [-0.4, -0.2) is 16.0 Å². The van der Waals surface area contributed by atoms with Crippen molar-refractivity contribution in [3.05, 3.63) is 40.7 Å². The second-order valence-corrected chi connectivity index (χ2v) is 5.29. The molecule has 0 fully saturated rings. The fraction of sp³-hybridized carbons (Fsp3) is 0.0833. The van der Waals surface area contributed by atoms with E-state index in [9.17, 15) is 4.79 Å². The molecule has 1 amide bonds. The van der Waals surface area contributed by atoms with E-state index in [4.69, 9.17) is 16.1 Å². The summed E-state index contributed by atoms with van der Waals surface area (Å²) in [7, 11) is 0. The molecule has 0 saturated heterocycles. The number of carbonyl (C=O) groups excluding carboxylic acids is 1. The molecule has 0 spiro atoms. The number of thiazole rings is 1. The first kappa shape index (κ1) is 12.1. The molecule has 0 radical (unpaired) electrons. The monoisotopic (exact) mass is 293 g/mol. The molecule has 0 atom stereocenters. The highest BCUT2D eigenvalue weighted by Gasteiger charge is 2.15. The second kappa shape index (κ2) is 4.64. The van der Waals surface area contributed by atoms with Gasteiger partial charge in [0.1, 0.15) is 16.8 Å². The summed E-state index contributed by atoms with van der Waals surface area (Å²) < 4.78 is 5.77. The lowest BCUT2D eigenvalue weighted by Crippen LogP contribution is -2.11. The highest BCUT2D eigenvalue weighted by Crippen LogP contribution is 2.30. The van der Waals surface area contributed by atoms with E-state index in [0.717, 1.165) is 4.70 Å². The molecule has 19 heavy (non-hydrogen) atoms. The van der Waals surface area contributed by atoms with E-state index < -0.39 is 0 Å². The van der Waals surface area contributed by atoms with Gasteiger partial charge < -0.3 is 4.52 Å². The molecule has 3 aromatic rings. The maximum Gasteiger partial charge on any atom is 0.262 e. The molecule has 0 aliphatic heterocycles. The van der Waals surface area contributed by atoms with E-state index in [0.29, 0.717) is 27.0 Å². The summed E-state index contributed by atoms with van der Waals surface area (Å²) in [4.78, 5) is 16.3. The highest BCUT2D eigenvalue weighted by molar-refractivity contribution is 7.22. The van der Waals surface area contributed by atoms with E-state index in [-0.39, 0.29) is 5.91 Å². The van der Waals surface area contributed by atoms with Gasteiger partial charge in [0.05, 0.1) is 15.9 Å². The van der Waals surface area contributed by atoms with Gasteiger partial charge in [-0.25, -0.2) is 4.98 Å². The molecule has 1 aromatic carbocycles. The zero-order valence-electron chi connectivity index (χ0n) is 9.81. The number of benzene rings is 1. The van der Waals surface area contributed by atoms with Crippen LogP contribution in [0.15, 0.2) is 28.9 Å². The lowest BCUT2D eigenvalue weighted by Gasteiger charge is -1.97. The fourth-order valence-electron chi connectivity index (χ4n) is 1.65. The van der Waals surface area contributed by atoms with Crippen LogP contribution in [0.2, 0.25) is 5.02 Å². The van der Waals surface area contributed by atoms with E-state index in [1.165, 1.54) is 17.5 Å². The number of carbonyl (C=O) groups is 1. The predicted octanol–water partition coefficient (Wildman–Crippen LogP) is 3.50. The minimum Gasteiger partial charge on any atom is -0.361 e. The molecule has 0 aliphatic rings. The summed E-state index contributed by atoms with van der Waals surface area (Å²) >= 11 is 7.40. The molecule has 5 nitrogen and oxygen atoms in total. The average Bonchev–Trinajstić information content (AvgIpc) is 2.95. The van der Waals surface area contributed by atoms with Crippen LogP contribution >= 0.6 is 22.9 Å². The number of rotatable bonds is 2. The Bertz CT molecular complexity index is 765. The van der Waals surface area contributed by atoms with Crippen molar-refractivity contribution < 1.29 is 9.32 Å². The van der Waals surface area contributed by atoms with E-state index in [1.54, 1.807) is 13.0 Å².